The first-order chi connectivity index (χ1) is 13.7. The van der Waals surface area contributed by atoms with Gasteiger partial charge in [-0.05, 0) is 43.9 Å². The van der Waals surface area contributed by atoms with Gasteiger partial charge in [-0.25, -0.2) is 0 Å². The van der Waals surface area contributed by atoms with E-state index in [1.54, 1.807) is 7.11 Å². The summed E-state index contributed by atoms with van der Waals surface area (Å²) in [5, 5.41) is 3.38. The maximum absolute atomic E-state index is 12.5. The molecule has 8 heteroatoms. The number of methoxy groups -OCH3 is 1. The number of guanidine groups is 1. The minimum atomic E-state index is -0.226. The van der Waals surface area contributed by atoms with Crippen LogP contribution in [0.15, 0.2) is 29.3 Å². The number of ether oxygens (including phenoxy) is 2. The average molecular weight is 516 g/mol. The molecule has 2 fully saturated rings. The van der Waals surface area contributed by atoms with E-state index in [0.717, 1.165) is 63.7 Å². The summed E-state index contributed by atoms with van der Waals surface area (Å²) in [5.41, 5.74) is 1.21. The predicted molar refractivity (Wildman–Crippen MR) is 125 cm³/mol. The Labute approximate surface area is 190 Å². The summed E-state index contributed by atoms with van der Waals surface area (Å²) in [6, 6.07) is 8.11. The minimum Gasteiger partial charge on any atom is -0.497 e. The predicted octanol–water partition coefficient (Wildman–Crippen LogP) is 2.14. The van der Waals surface area contributed by atoms with Gasteiger partial charge in [0.1, 0.15) is 11.9 Å². The molecular weight excluding hydrogens is 483 g/mol. The van der Waals surface area contributed by atoms with Crippen molar-refractivity contribution >= 4 is 35.8 Å². The Hall–Kier alpha value is -1.55. The third-order valence-corrected chi connectivity index (χ3v) is 5.23. The fourth-order valence-corrected chi connectivity index (χ4v) is 3.66. The summed E-state index contributed by atoms with van der Waals surface area (Å²) in [6.45, 7) is 7.36. The van der Waals surface area contributed by atoms with Gasteiger partial charge < -0.3 is 24.6 Å². The Bertz CT molecular complexity index is 672. The van der Waals surface area contributed by atoms with Gasteiger partial charge in [0.25, 0.3) is 5.91 Å². The first-order valence-corrected chi connectivity index (χ1v) is 10.3. The van der Waals surface area contributed by atoms with Crippen LogP contribution in [0.2, 0.25) is 0 Å². The van der Waals surface area contributed by atoms with Crippen molar-refractivity contribution in [2.75, 3.05) is 53.0 Å². The second-order valence-electron chi connectivity index (χ2n) is 7.15. The first kappa shape index (κ1) is 23.7. The average Bonchev–Trinajstić information content (AvgIpc) is 3.28. The van der Waals surface area contributed by atoms with Crippen molar-refractivity contribution in [1.82, 2.24) is 15.1 Å². The Kier molecular flexibility index (Phi) is 9.99. The fraction of sp³-hybridized carbons (Fsp3) is 0.619. The zero-order chi connectivity index (χ0) is 19.8. The van der Waals surface area contributed by atoms with E-state index in [2.05, 4.69) is 29.3 Å². The molecule has 1 atom stereocenters. The molecule has 2 heterocycles. The van der Waals surface area contributed by atoms with Crippen molar-refractivity contribution in [3.8, 4) is 5.75 Å². The van der Waals surface area contributed by atoms with Gasteiger partial charge in [0.05, 0.1) is 7.11 Å². The molecule has 3 rings (SSSR count). The molecule has 1 aromatic rings. The molecule has 2 aliphatic rings. The highest BCUT2D eigenvalue weighted by molar-refractivity contribution is 14.0. The van der Waals surface area contributed by atoms with Crippen LogP contribution in [0, 0.1) is 0 Å². The molecule has 0 aromatic heterocycles. The van der Waals surface area contributed by atoms with Gasteiger partial charge in [-0.2, -0.15) is 0 Å². The zero-order valence-electron chi connectivity index (χ0n) is 17.4. The number of halogens is 1. The van der Waals surface area contributed by atoms with Crippen molar-refractivity contribution in [3.05, 3.63) is 29.8 Å². The molecule has 2 saturated heterocycles. The third kappa shape index (κ3) is 6.74. The quantitative estimate of drug-likeness (QED) is 0.357. The second kappa shape index (κ2) is 12.2. The number of hydrogen-bond donors (Lipinski definition) is 1. The number of nitrogens with one attached hydrogen (secondary N) is 1. The van der Waals surface area contributed by atoms with E-state index in [0.29, 0.717) is 13.2 Å². The van der Waals surface area contributed by atoms with Crippen molar-refractivity contribution in [1.29, 1.82) is 0 Å². The number of hydrogen-bond acceptors (Lipinski definition) is 4. The van der Waals surface area contributed by atoms with Gasteiger partial charge in [0, 0.05) is 45.9 Å². The molecule has 0 bridgehead atoms. The molecule has 0 spiro atoms. The van der Waals surface area contributed by atoms with Crippen LogP contribution in [0.4, 0.5) is 0 Å². The normalized spacial score (nSPS) is 19.7. The smallest absolute Gasteiger partial charge is 0.251 e. The molecule has 162 valence electrons. The number of benzene rings is 1. The van der Waals surface area contributed by atoms with E-state index in [1.165, 1.54) is 5.56 Å². The van der Waals surface area contributed by atoms with E-state index < -0.39 is 0 Å². The van der Waals surface area contributed by atoms with Crippen molar-refractivity contribution < 1.29 is 14.3 Å². The lowest BCUT2D eigenvalue weighted by Crippen LogP contribution is -2.55. The Morgan fingerprint density at radius 2 is 2.03 bits per heavy atom. The van der Waals surface area contributed by atoms with Gasteiger partial charge in [-0.15, -0.1) is 24.0 Å². The van der Waals surface area contributed by atoms with E-state index in [4.69, 9.17) is 14.5 Å². The van der Waals surface area contributed by atoms with Gasteiger partial charge in [0.15, 0.2) is 5.96 Å². The van der Waals surface area contributed by atoms with Crippen LogP contribution in [-0.2, 0) is 16.0 Å². The Balaban J connectivity index is 0.00000300. The standard InChI is InChI=1S/C21H32N4O3.HI/c1-3-22-21(23-10-9-17-6-4-7-18(16-17)27-2)25-13-11-24(12-14-25)20(26)19-8-5-15-28-19;/h4,6-7,16,19H,3,5,8-15H2,1-2H3,(H,22,23);1H. The number of carbonyl (C=O) groups is 1. The first-order valence-electron chi connectivity index (χ1n) is 10.3. The van der Waals surface area contributed by atoms with Crippen LogP contribution in [0.1, 0.15) is 25.3 Å². The number of rotatable bonds is 6. The molecule has 2 aliphatic heterocycles. The third-order valence-electron chi connectivity index (χ3n) is 5.23. The summed E-state index contributed by atoms with van der Waals surface area (Å²) in [6.07, 6.45) is 2.48. The molecule has 7 nitrogen and oxygen atoms in total. The largest absolute Gasteiger partial charge is 0.497 e. The number of amides is 1. The van der Waals surface area contributed by atoms with E-state index >= 15 is 0 Å². The van der Waals surface area contributed by atoms with Crippen LogP contribution < -0.4 is 10.1 Å². The molecule has 29 heavy (non-hydrogen) atoms. The molecule has 1 amide bonds. The monoisotopic (exact) mass is 516 g/mol. The maximum atomic E-state index is 12.5. The van der Waals surface area contributed by atoms with Crippen LogP contribution >= 0.6 is 24.0 Å². The molecule has 1 N–H and O–H groups in total. The number of nitrogens with zero attached hydrogens (tertiary/aromatic N) is 3. The number of aliphatic imine (C=N–C) groups is 1. The highest BCUT2D eigenvalue weighted by Crippen LogP contribution is 2.16. The molecular formula is C21H33IN4O3. The summed E-state index contributed by atoms with van der Waals surface area (Å²) in [5.74, 6) is 1.95. The maximum Gasteiger partial charge on any atom is 0.251 e. The van der Waals surface area contributed by atoms with E-state index in [9.17, 15) is 4.79 Å². The van der Waals surface area contributed by atoms with E-state index in [1.807, 2.05) is 17.0 Å². The van der Waals surface area contributed by atoms with Crippen LogP contribution in [-0.4, -0.2) is 80.8 Å². The summed E-state index contributed by atoms with van der Waals surface area (Å²) >= 11 is 0. The lowest BCUT2D eigenvalue weighted by atomic mass is 10.1. The zero-order valence-corrected chi connectivity index (χ0v) is 19.8. The molecule has 1 unspecified atom stereocenters. The Morgan fingerprint density at radius 1 is 1.28 bits per heavy atom. The molecule has 0 radical (unpaired) electrons. The summed E-state index contributed by atoms with van der Waals surface area (Å²) in [4.78, 5) is 21.5. The summed E-state index contributed by atoms with van der Waals surface area (Å²) in [7, 11) is 1.68. The van der Waals surface area contributed by atoms with Crippen molar-refractivity contribution in [2.45, 2.75) is 32.3 Å². The Morgan fingerprint density at radius 3 is 2.69 bits per heavy atom. The van der Waals surface area contributed by atoms with Crippen LogP contribution in [0.5, 0.6) is 5.75 Å². The molecule has 1 aromatic carbocycles. The lowest BCUT2D eigenvalue weighted by molar-refractivity contribution is -0.142. The van der Waals surface area contributed by atoms with Gasteiger partial charge in [-0.1, -0.05) is 12.1 Å². The topological polar surface area (TPSA) is 66.4 Å². The second-order valence-corrected chi connectivity index (χ2v) is 7.15. The summed E-state index contributed by atoms with van der Waals surface area (Å²) < 4.78 is 10.8. The fourth-order valence-electron chi connectivity index (χ4n) is 3.66. The minimum absolute atomic E-state index is 0. The van der Waals surface area contributed by atoms with Crippen molar-refractivity contribution in [2.24, 2.45) is 4.99 Å². The highest BCUT2D eigenvalue weighted by Gasteiger charge is 2.30. The van der Waals surface area contributed by atoms with Gasteiger partial charge in [-0.3, -0.25) is 9.79 Å². The van der Waals surface area contributed by atoms with Gasteiger partial charge in [0.2, 0.25) is 0 Å². The van der Waals surface area contributed by atoms with Crippen molar-refractivity contribution in [3.63, 3.8) is 0 Å². The van der Waals surface area contributed by atoms with E-state index in [-0.39, 0.29) is 36.0 Å². The highest BCUT2D eigenvalue weighted by atomic mass is 127. The SMILES string of the molecule is CCNC(=NCCc1cccc(OC)c1)N1CCN(C(=O)C2CCCO2)CC1.I. The van der Waals surface area contributed by atoms with Gasteiger partial charge >= 0.3 is 0 Å². The number of carbonyl (C=O) groups excluding carboxylic acids is 1. The van der Waals surface area contributed by atoms with Crippen LogP contribution in [0.3, 0.4) is 0 Å². The van der Waals surface area contributed by atoms with Crippen LogP contribution in [0.25, 0.3) is 0 Å². The molecule has 0 aliphatic carbocycles. The molecule has 0 saturated carbocycles. The lowest BCUT2D eigenvalue weighted by Gasteiger charge is -2.37. The number of piperazine rings is 1.